The maximum Gasteiger partial charge on any atom is 0.154 e. The van der Waals surface area contributed by atoms with E-state index in [4.69, 9.17) is 0 Å². The minimum Gasteiger partial charge on any atom is -0.0993 e. The van der Waals surface area contributed by atoms with Crippen molar-refractivity contribution in [3.63, 3.8) is 0 Å². The SMILES string of the molecule is C=C([Si]c1cccc([Si](c2ccccc2)c2ccccc2)c1CC)c1ccccc1. The molecule has 0 saturated heterocycles. The third-order valence-corrected chi connectivity index (χ3v) is 9.49. The molecule has 4 rings (SSSR count). The zero-order chi connectivity index (χ0) is 20.8. The van der Waals surface area contributed by atoms with Crippen LogP contribution in [0.5, 0.6) is 0 Å². The van der Waals surface area contributed by atoms with E-state index in [0.717, 1.165) is 6.42 Å². The molecule has 3 radical (unpaired) electrons. The molecule has 0 aliphatic rings. The largest absolute Gasteiger partial charge is 0.154 e. The Kier molecular flexibility index (Phi) is 6.58. The van der Waals surface area contributed by atoms with Gasteiger partial charge in [-0.3, -0.25) is 0 Å². The Bertz CT molecular complexity index is 1060. The standard InChI is InChI=1S/C28H25Si2/c1-3-26-27(29-22(2)23-14-7-4-8-15-23)20-13-21-28(26)30(24-16-9-5-10-17-24)25-18-11-6-12-19-25/h4-21H,2-3H2,1H3. The molecule has 0 spiro atoms. The van der Waals surface area contributed by atoms with Gasteiger partial charge in [0.1, 0.15) is 9.52 Å². The summed E-state index contributed by atoms with van der Waals surface area (Å²) in [6.45, 7) is 6.69. The van der Waals surface area contributed by atoms with E-state index in [0.29, 0.717) is 9.52 Å². The summed E-state index contributed by atoms with van der Waals surface area (Å²) in [4.78, 5) is 0. The summed E-state index contributed by atoms with van der Waals surface area (Å²) < 4.78 is 0. The van der Waals surface area contributed by atoms with Crippen LogP contribution in [0.25, 0.3) is 5.20 Å². The molecule has 0 aliphatic carbocycles. The molecular formula is C28H25Si2. The average Bonchev–Trinajstić information content (AvgIpc) is 2.81. The lowest BCUT2D eigenvalue weighted by Crippen LogP contribution is -2.54. The molecule has 145 valence electrons. The molecule has 0 aliphatic heterocycles. The van der Waals surface area contributed by atoms with Crippen molar-refractivity contribution in [1.29, 1.82) is 0 Å². The van der Waals surface area contributed by atoms with Crippen LogP contribution in [0.1, 0.15) is 18.1 Å². The molecular weight excluding hydrogens is 392 g/mol. The van der Waals surface area contributed by atoms with E-state index in [1.54, 1.807) is 0 Å². The highest BCUT2D eigenvalue weighted by molar-refractivity contribution is 6.96. The van der Waals surface area contributed by atoms with Crippen LogP contribution >= 0.6 is 0 Å². The Balaban J connectivity index is 1.79. The number of hydrogen-bond donors (Lipinski definition) is 0. The van der Waals surface area contributed by atoms with Gasteiger partial charge in [-0.2, -0.15) is 0 Å². The number of hydrogen-bond acceptors (Lipinski definition) is 0. The zero-order valence-electron chi connectivity index (χ0n) is 17.3. The van der Waals surface area contributed by atoms with E-state index < -0.39 is 8.80 Å². The van der Waals surface area contributed by atoms with Crippen LogP contribution in [0.4, 0.5) is 0 Å². The van der Waals surface area contributed by atoms with Crippen LogP contribution in [-0.2, 0) is 6.42 Å². The van der Waals surface area contributed by atoms with Crippen molar-refractivity contribution in [3.8, 4) is 0 Å². The Morgan fingerprint density at radius 1 is 0.700 bits per heavy atom. The first-order chi connectivity index (χ1) is 14.8. The lowest BCUT2D eigenvalue weighted by Gasteiger charge is -2.22. The van der Waals surface area contributed by atoms with Crippen LogP contribution < -0.4 is 20.7 Å². The van der Waals surface area contributed by atoms with E-state index >= 15 is 0 Å². The summed E-state index contributed by atoms with van der Waals surface area (Å²) >= 11 is 0. The summed E-state index contributed by atoms with van der Waals surface area (Å²) in [5, 5.41) is 7.01. The van der Waals surface area contributed by atoms with Crippen molar-refractivity contribution in [1.82, 2.24) is 0 Å². The van der Waals surface area contributed by atoms with Gasteiger partial charge in [0.2, 0.25) is 0 Å². The van der Waals surface area contributed by atoms with Crippen molar-refractivity contribution in [2.24, 2.45) is 0 Å². The lowest BCUT2D eigenvalue weighted by atomic mass is 10.2. The Morgan fingerprint density at radius 3 is 1.77 bits per heavy atom. The van der Waals surface area contributed by atoms with Gasteiger partial charge >= 0.3 is 0 Å². The highest BCUT2D eigenvalue weighted by Crippen LogP contribution is 2.11. The summed E-state index contributed by atoms with van der Waals surface area (Å²) in [6, 6.07) is 39.5. The van der Waals surface area contributed by atoms with Crippen LogP contribution in [0.2, 0.25) is 0 Å². The maximum atomic E-state index is 4.41. The smallest absolute Gasteiger partial charge is 0.0993 e. The number of benzene rings is 4. The van der Waals surface area contributed by atoms with Crippen molar-refractivity contribution in [2.45, 2.75) is 13.3 Å². The monoisotopic (exact) mass is 417 g/mol. The van der Waals surface area contributed by atoms with Crippen molar-refractivity contribution in [2.75, 3.05) is 0 Å². The first kappa shape index (κ1) is 20.3. The van der Waals surface area contributed by atoms with Crippen molar-refractivity contribution in [3.05, 3.63) is 127 Å². The lowest BCUT2D eigenvalue weighted by molar-refractivity contribution is 1.17. The molecule has 0 N–H and O–H groups in total. The topological polar surface area (TPSA) is 0 Å². The first-order valence-electron chi connectivity index (χ1n) is 10.4. The molecule has 0 saturated carbocycles. The number of rotatable bonds is 7. The van der Waals surface area contributed by atoms with Crippen LogP contribution in [0.15, 0.2) is 116 Å². The molecule has 0 bridgehead atoms. The molecule has 4 aromatic rings. The van der Waals surface area contributed by atoms with E-state index in [2.05, 4.69) is 123 Å². The Morgan fingerprint density at radius 2 is 1.23 bits per heavy atom. The molecule has 0 heterocycles. The van der Waals surface area contributed by atoms with Gasteiger partial charge in [-0.25, -0.2) is 0 Å². The molecule has 0 aromatic heterocycles. The third-order valence-electron chi connectivity index (χ3n) is 5.33. The minimum absolute atomic E-state index is 0.588. The molecule has 2 heteroatoms. The van der Waals surface area contributed by atoms with Crippen LogP contribution in [0, 0.1) is 0 Å². The van der Waals surface area contributed by atoms with E-state index in [1.807, 2.05) is 0 Å². The second-order valence-electron chi connectivity index (χ2n) is 7.26. The van der Waals surface area contributed by atoms with Gasteiger partial charge in [0.15, 0.2) is 8.80 Å². The summed E-state index contributed by atoms with van der Waals surface area (Å²) in [5.41, 5.74) is 2.73. The highest BCUT2D eigenvalue weighted by Gasteiger charge is 2.23. The summed E-state index contributed by atoms with van der Waals surface area (Å²) in [5.74, 6) is 0. The average molecular weight is 418 g/mol. The molecule has 4 aromatic carbocycles. The van der Waals surface area contributed by atoms with Gasteiger partial charge in [-0.05, 0) is 22.7 Å². The second-order valence-corrected chi connectivity index (χ2v) is 11.1. The first-order valence-corrected chi connectivity index (χ1v) is 12.9. The predicted octanol–water partition coefficient (Wildman–Crippen LogP) is 3.77. The fourth-order valence-electron chi connectivity index (χ4n) is 3.88. The minimum atomic E-state index is -1.07. The van der Waals surface area contributed by atoms with Gasteiger partial charge in [0, 0.05) is 0 Å². The van der Waals surface area contributed by atoms with Crippen molar-refractivity contribution < 1.29 is 0 Å². The molecule has 0 unspecified atom stereocenters. The predicted molar refractivity (Wildman–Crippen MR) is 134 cm³/mol. The normalized spacial score (nSPS) is 10.9. The maximum absolute atomic E-state index is 4.41. The van der Waals surface area contributed by atoms with E-state index in [1.165, 1.54) is 37.1 Å². The molecule has 30 heavy (non-hydrogen) atoms. The summed E-state index contributed by atoms with van der Waals surface area (Å²) in [7, 11) is -0.478. The van der Waals surface area contributed by atoms with E-state index in [9.17, 15) is 0 Å². The zero-order valence-corrected chi connectivity index (χ0v) is 19.3. The van der Waals surface area contributed by atoms with Crippen LogP contribution in [0.3, 0.4) is 0 Å². The molecule has 0 nitrogen and oxygen atoms in total. The Hall–Kier alpha value is -2.95. The highest BCUT2D eigenvalue weighted by atomic mass is 28.3. The second kappa shape index (κ2) is 9.70. The fraction of sp³-hybridized carbons (Fsp3) is 0.0714. The van der Waals surface area contributed by atoms with Gasteiger partial charge in [0.25, 0.3) is 0 Å². The van der Waals surface area contributed by atoms with Gasteiger partial charge in [0.05, 0.1) is 0 Å². The van der Waals surface area contributed by atoms with E-state index in [-0.39, 0.29) is 0 Å². The quantitative estimate of drug-likeness (QED) is 0.317. The molecule has 0 fully saturated rings. The van der Waals surface area contributed by atoms with Gasteiger partial charge < -0.3 is 0 Å². The molecule has 0 amide bonds. The van der Waals surface area contributed by atoms with Crippen LogP contribution in [-0.4, -0.2) is 18.3 Å². The third kappa shape index (κ3) is 4.45. The summed E-state index contributed by atoms with van der Waals surface area (Å²) in [6.07, 6.45) is 1.04. The Labute approximate surface area is 184 Å². The molecule has 0 atom stereocenters. The van der Waals surface area contributed by atoms with Crippen molar-refractivity contribution >= 4 is 44.3 Å². The van der Waals surface area contributed by atoms with Gasteiger partial charge in [-0.15, -0.1) is 0 Å². The fourth-order valence-corrected chi connectivity index (χ4v) is 8.17. The van der Waals surface area contributed by atoms with Gasteiger partial charge in [-0.1, -0.05) is 143 Å².